The normalized spacial score (nSPS) is 14.9. The van der Waals surface area contributed by atoms with E-state index in [2.05, 4.69) is 26.1 Å². The molecule has 0 atom stereocenters. The van der Waals surface area contributed by atoms with E-state index in [1.54, 1.807) is 18.3 Å². The van der Waals surface area contributed by atoms with E-state index < -0.39 is 0 Å². The quantitative estimate of drug-likeness (QED) is 0.557. The standard InChI is InChI=1S/C20H20ClN5O2S/c21-17-5-3-16(4-6-17)19-23-24-20(28-19)29-14-18(27)26-10-8-25(9-11-26)13-15-2-1-7-22-12-15/h1-7,12H,8-11,13-14H2. The van der Waals surface area contributed by atoms with E-state index >= 15 is 0 Å². The predicted octanol–water partition coefficient (Wildman–Crippen LogP) is 3.22. The molecule has 29 heavy (non-hydrogen) atoms. The lowest BCUT2D eigenvalue weighted by Crippen LogP contribution is -2.48. The lowest BCUT2D eigenvalue weighted by molar-refractivity contribution is -0.130. The lowest BCUT2D eigenvalue weighted by Gasteiger charge is -2.34. The molecule has 0 bridgehead atoms. The summed E-state index contributed by atoms with van der Waals surface area (Å²) in [5.74, 6) is 0.785. The van der Waals surface area contributed by atoms with Crippen LogP contribution in [0.3, 0.4) is 0 Å². The molecule has 0 saturated carbocycles. The Labute approximate surface area is 178 Å². The van der Waals surface area contributed by atoms with Crippen LogP contribution in [0.15, 0.2) is 58.4 Å². The van der Waals surface area contributed by atoms with Gasteiger partial charge in [0.05, 0.1) is 5.75 Å². The molecule has 0 unspecified atom stereocenters. The number of hydrogen-bond acceptors (Lipinski definition) is 7. The van der Waals surface area contributed by atoms with Crippen LogP contribution in [0.25, 0.3) is 11.5 Å². The van der Waals surface area contributed by atoms with Crippen molar-refractivity contribution in [2.75, 3.05) is 31.9 Å². The molecule has 7 nitrogen and oxygen atoms in total. The van der Waals surface area contributed by atoms with Gasteiger partial charge in [0.1, 0.15) is 0 Å². The number of pyridine rings is 1. The number of carbonyl (C=O) groups is 1. The predicted molar refractivity (Wildman–Crippen MR) is 112 cm³/mol. The molecule has 1 fully saturated rings. The van der Waals surface area contributed by atoms with Crippen molar-refractivity contribution in [2.45, 2.75) is 11.8 Å². The van der Waals surface area contributed by atoms with Crippen molar-refractivity contribution in [3.63, 3.8) is 0 Å². The van der Waals surface area contributed by atoms with Crippen LogP contribution < -0.4 is 0 Å². The van der Waals surface area contributed by atoms with Crippen molar-refractivity contribution >= 4 is 29.3 Å². The summed E-state index contributed by atoms with van der Waals surface area (Å²) in [6.45, 7) is 4.01. The summed E-state index contributed by atoms with van der Waals surface area (Å²) in [7, 11) is 0. The minimum atomic E-state index is 0.0854. The van der Waals surface area contributed by atoms with Crippen LogP contribution in [0.1, 0.15) is 5.56 Å². The van der Waals surface area contributed by atoms with Crippen LogP contribution in [0.2, 0.25) is 5.02 Å². The van der Waals surface area contributed by atoms with Crippen LogP contribution in [-0.4, -0.2) is 62.8 Å². The van der Waals surface area contributed by atoms with E-state index in [0.29, 0.717) is 16.1 Å². The molecule has 2 aromatic heterocycles. The van der Waals surface area contributed by atoms with Gasteiger partial charge in [-0.15, -0.1) is 10.2 Å². The highest BCUT2D eigenvalue weighted by molar-refractivity contribution is 7.99. The fourth-order valence-corrected chi connectivity index (χ4v) is 3.89. The Morgan fingerprint density at radius 2 is 1.90 bits per heavy atom. The number of rotatable bonds is 6. The maximum atomic E-state index is 12.5. The second-order valence-electron chi connectivity index (χ2n) is 6.69. The van der Waals surface area contributed by atoms with Gasteiger partial charge in [0.2, 0.25) is 11.8 Å². The average molecular weight is 430 g/mol. The molecule has 0 radical (unpaired) electrons. The van der Waals surface area contributed by atoms with Gasteiger partial charge in [0, 0.05) is 55.7 Å². The molecule has 1 saturated heterocycles. The number of benzene rings is 1. The molecule has 1 aliphatic heterocycles. The maximum absolute atomic E-state index is 12.5. The van der Waals surface area contributed by atoms with Crippen LogP contribution >= 0.6 is 23.4 Å². The Morgan fingerprint density at radius 3 is 2.62 bits per heavy atom. The van der Waals surface area contributed by atoms with Crippen LogP contribution in [0.5, 0.6) is 0 Å². The van der Waals surface area contributed by atoms with E-state index in [0.717, 1.165) is 38.3 Å². The summed E-state index contributed by atoms with van der Waals surface area (Å²) in [4.78, 5) is 20.9. The first-order valence-electron chi connectivity index (χ1n) is 9.29. The van der Waals surface area contributed by atoms with Gasteiger partial charge in [-0.2, -0.15) is 0 Å². The number of halogens is 1. The highest BCUT2D eigenvalue weighted by Gasteiger charge is 2.22. The number of thioether (sulfide) groups is 1. The SMILES string of the molecule is O=C(CSc1nnc(-c2ccc(Cl)cc2)o1)N1CCN(Cc2cccnc2)CC1. The zero-order chi connectivity index (χ0) is 20.1. The van der Waals surface area contributed by atoms with E-state index in [9.17, 15) is 4.79 Å². The molecular weight excluding hydrogens is 410 g/mol. The van der Waals surface area contributed by atoms with E-state index in [1.807, 2.05) is 29.3 Å². The number of piperazine rings is 1. The molecule has 1 aliphatic rings. The monoisotopic (exact) mass is 429 g/mol. The number of amides is 1. The Hall–Kier alpha value is -2.42. The van der Waals surface area contributed by atoms with Gasteiger partial charge in [0.15, 0.2) is 0 Å². The van der Waals surface area contributed by atoms with Crippen LogP contribution in [-0.2, 0) is 11.3 Å². The molecule has 150 valence electrons. The minimum absolute atomic E-state index is 0.0854. The van der Waals surface area contributed by atoms with Gasteiger partial charge >= 0.3 is 0 Å². The first kappa shape index (κ1) is 19.9. The topological polar surface area (TPSA) is 75.4 Å². The van der Waals surface area contributed by atoms with Crippen LogP contribution in [0.4, 0.5) is 0 Å². The van der Waals surface area contributed by atoms with Crippen LogP contribution in [0, 0.1) is 0 Å². The Bertz CT molecular complexity index is 943. The van der Waals surface area contributed by atoms with Crippen molar-refractivity contribution in [3.05, 3.63) is 59.4 Å². The third-order valence-corrected chi connectivity index (χ3v) is 5.73. The molecule has 0 aliphatic carbocycles. The molecule has 4 rings (SSSR count). The number of hydrogen-bond donors (Lipinski definition) is 0. The molecule has 0 spiro atoms. The largest absolute Gasteiger partial charge is 0.411 e. The Balaban J connectivity index is 1.24. The summed E-state index contributed by atoms with van der Waals surface area (Å²) in [6.07, 6.45) is 3.66. The van der Waals surface area contributed by atoms with Gasteiger partial charge in [-0.25, -0.2) is 0 Å². The summed E-state index contributed by atoms with van der Waals surface area (Å²) < 4.78 is 5.64. The van der Waals surface area contributed by atoms with Gasteiger partial charge in [-0.1, -0.05) is 29.4 Å². The highest BCUT2D eigenvalue weighted by atomic mass is 35.5. The van der Waals surface area contributed by atoms with Crippen molar-refractivity contribution < 1.29 is 9.21 Å². The van der Waals surface area contributed by atoms with Gasteiger partial charge < -0.3 is 9.32 Å². The highest BCUT2D eigenvalue weighted by Crippen LogP contribution is 2.24. The third kappa shape index (κ3) is 5.35. The van der Waals surface area contributed by atoms with Crippen molar-refractivity contribution in [1.82, 2.24) is 25.0 Å². The fourth-order valence-electron chi connectivity index (χ4n) is 3.10. The van der Waals surface area contributed by atoms with Crippen molar-refractivity contribution in [3.8, 4) is 11.5 Å². The van der Waals surface area contributed by atoms with Gasteiger partial charge in [-0.05, 0) is 35.9 Å². The summed E-state index contributed by atoms with van der Waals surface area (Å²) in [6, 6.07) is 11.2. The molecule has 1 amide bonds. The van der Waals surface area contributed by atoms with E-state index in [4.69, 9.17) is 16.0 Å². The number of carbonyl (C=O) groups excluding carboxylic acids is 1. The maximum Gasteiger partial charge on any atom is 0.277 e. The molecular formula is C20H20ClN5O2S. The second kappa shape index (κ2) is 9.39. The molecule has 0 N–H and O–H groups in total. The zero-order valence-electron chi connectivity index (χ0n) is 15.7. The summed E-state index contributed by atoms with van der Waals surface area (Å²) in [5.41, 5.74) is 1.99. The number of aromatic nitrogens is 3. The van der Waals surface area contributed by atoms with Crippen molar-refractivity contribution in [1.29, 1.82) is 0 Å². The summed E-state index contributed by atoms with van der Waals surface area (Å²) >= 11 is 7.16. The molecule has 9 heteroatoms. The molecule has 1 aromatic carbocycles. The lowest BCUT2D eigenvalue weighted by atomic mass is 10.2. The second-order valence-corrected chi connectivity index (χ2v) is 8.05. The molecule has 3 heterocycles. The fraction of sp³-hybridized carbons (Fsp3) is 0.300. The average Bonchev–Trinajstić information content (AvgIpc) is 3.23. The first-order valence-corrected chi connectivity index (χ1v) is 10.6. The third-order valence-electron chi connectivity index (χ3n) is 4.67. The Morgan fingerprint density at radius 1 is 1.10 bits per heavy atom. The Kier molecular flexibility index (Phi) is 6.43. The van der Waals surface area contributed by atoms with Gasteiger partial charge in [0.25, 0.3) is 5.22 Å². The zero-order valence-corrected chi connectivity index (χ0v) is 17.3. The van der Waals surface area contributed by atoms with E-state index in [1.165, 1.54) is 17.3 Å². The summed E-state index contributed by atoms with van der Waals surface area (Å²) in [5, 5.41) is 9.09. The smallest absolute Gasteiger partial charge is 0.277 e. The minimum Gasteiger partial charge on any atom is -0.411 e. The molecule has 3 aromatic rings. The van der Waals surface area contributed by atoms with E-state index in [-0.39, 0.29) is 11.7 Å². The van der Waals surface area contributed by atoms with Crippen molar-refractivity contribution in [2.24, 2.45) is 0 Å². The first-order chi connectivity index (χ1) is 14.2. The van der Waals surface area contributed by atoms with Gasteiger partial charge in [-0.3, -0.25) is 14.7 Å². The number of nitrogens with zero attached hydrogens (tertiary/aromatic N) is 5.